The molecule has 4 nitrogen and oxygen atoms in total. The first-order chi connectivity index (χ1) is 8.38. The fourth-order valence-electron chi connectivity index (χ4n) is 1.42. The molecule has 0 fully saturated rings. The van der Waals surface area contributed by atoms with Gasteiger partial charge in [-0.3, -0.25) is 4.79 Å². The van der Waals surface area contributed by atoms with Gasteiger partial charge >= 0.3 is 0 Å². The van der Waals surface area contributed by atoms with Crippen LogP contribution in [0.1, 0.15) is 26.3 Å². The van der Waals surface area contributed by atoms with Crippen molar-refractivity contribution < 1.29 is 14.6 Å². The Balaban J connectivity index is 2.47. The molecule has 0 bridgehead atoms. The van der Waals surface area contributed by atoms with Gasteiger partial charge in [0, 0.05) is 12.1 Å². The molecule has 0 aliphatic rings. The average molecular weight is 251 g/mol. The Morgan fingerprint density at radius 3 is 2.56 bits per heavy atom. The molecule has 1 aromatic carbocycles. The molecule has 0 saturated heterocycles. The number of hydrogen-bond donors (Lipinski definition) is 2. The van der Waals surface area contributed by atoms with E-state index in [-0.39, 0.29) is 24.3 Å². The molecule has 1 unspecified atom stereocenters. The fraction of sp³-hybridized carbons (Fsp3) is 0.500. The van der Waals surface area contributed by atoms with Gasteiger partial charge in [-0.2, -0.15) is 0 Å². The van der Waals surface area contributed by atoms with Gasteiger partial charge in [-0.15, -0.1) is 0 Å². The summed E-state index contributed by atoms with van der Waals surface area (Å²) < 4.78 is 5.34. The van der Waals surface area contributed by atoms with Gasteiger partial charge in [-0.05, 0) is 37.5 Å². The molecule has 0 saturated carbocycles. The Labute approximate surface area is 108 Å². The minimum atomic E-state index is -0.155. The van der Waals surface area contributed by atoms with Gasteiger partial charge in [-0.25, -0.2) is 0 Å². The molecule has 0 spiro atoms. The van der Waals surface area contributed by atoms with Gasteiger partial charge < -0.3 is 15.2 Å². The molecule has 0 aliphatic carbocycles. The first-order valence-electron chi connectivity index (χ1n) is 6.11. The van der Waals surface area contributed by atoms with Gasteiger partial charge in [0.25, 0.3) is 5.91 Å². The van der Waals surface area contributed by atoms with E-state index in [0.29, 0.717) is 11.7 Å². The number of rotatable bonds is 5. The van der Waals surface area contributed by atoms with Crippen LogP contribution in [-0.4, -0.2) is 23.7 Å². The van der Waals surface area contributed by atoms with Crippen molar-refractivity contribution in [3.05, 3.63) is 23.8 Å². The van der Waals surface area contributed by atoms with E-state index in [9.17, 15) is 9.90 Å². The summed E-state index contributed by atoms with van der Waals surface area (Å²) in [4.78, 5) is 11.6. The van der Waals surface area contributed by atoms with Crippen LogP contribution in [0.15, 0.2) is 18.2 Å². The molecule has 4 heteroatoms. The number of ether oxygens (including phenoxy) is 1. The number of carbonyl (C=O) groups is 1. The van der Waals surface area contributed by atoms with E-state index in [2.05, 4.69) is 5.32 Å². The molecular formula is C14H21NO3. The molecule has 2 N–H and O–H groups in total. The number of phenols is 1. The first kappa shape index (κ1) is 14.4. The van der Waals surface area contributed by atoms with Crippen LogP contribution in [0.5, 0.6) is 11.5 Å². The molecule has 0 heterocycles. The zero-order valence-electron chi connectivity index (χ0n) is 11.4. The predicted molar refractivity (Wildman–Crippen MR) is 70.8 cm³/mol. The fourth-order valence-corrected chi connectivity index (χ4v) is 1.42. The molecule has 1 atom stereocenters. The Morgan fingerprint density at radius 1 is 1.33 bits per heavy atom. The lowest BCUT2D eigenvalue weighted by molar-refractivity contribution is -0.124. The number of nitrogens with one attached hydrogen (secondary N) is 1. The smallest absolute Gasteiger partial charge is 0.258 e. The van der Waals surface area contributed by atoms with E-state index < -0.39 is 0 Å². The largest absolute Gasteiger partial charge is 0.508 e. The van der Waals surface area contributed by atoms with Gasteiger partial charge in [0.2, 0.25) is 0 Å². The van der Waals surface area contributed by atoms with E-state index >= 15 is 0 Å². The lowest BCUT2D eigenvalue weighted by Crippen LogP contribution is -2.38. The Morgan fingerprint density at radius 2 is 2.00 bits per heavy atom. The van der Waals surface area contributed by atoms with Gasteiger partial charge in [0.15, 0.2) is 6.61 Å². The van der Waals surface area contributed by atoms with Gasteiger partial charge in [0.1, 0.15) is 11.5 Å². The number of phenolic OH excluding ortho intramolecular Hbond substituents is 1. The van der Waals surface area contributed by atoms with Crippen LogP contribution < -0.4 is 10.1 Å². The van der Waals surface area contributed by atoms with Crippen molar-refractivity contribution in [2.75, 3.05) is 6.61 Å². The number of benzene rings is 1. The van der Waals surface area contributed by atoms with Crippen molar-refractivity contribution in [1.82, 2.24) is 5.32 Å². The molecule has 18 heavy (non-hydrogen) atoms. The summed E-state index contributed by atoms with van der Waals surface area (Å²) in [5.41, 5.74) is 0.890. The maximum atomic E-state index is 11.6. The minimum absolute atomic E-state index is 0.0417. The maximum Gasteiger partial charge on any atom is 0.258 e. The summed E-state index contributed by atoms with van der Waals surface area (Å²) in [6.07, 6.45) is 0. The maximum absolute atomic E-state index is 11.6. The third-order valence-electron chi connectivity index (χ3n) is 2.79. The average Bonchev–Trinajstić information content (AvgIpc) is 2.25. The van der Waals surface area contributed by atoms with Crippen molar-refractivity contribution in [2.45, 2.75) is 33.7 Å². The predicted octanol–water partition coefficient (Wildman–Crippen LogP) is 2.24. The monoisotopic (exact) mass is 251 g/mol. The second-order valence-electron chi connectivity index (χ2n) is 4.89. The van der Waals surface area contributed by atoms with Crippen molar-refractivity contribution in [2.24, 2.45) is 5.92 Å². The minimum Gasteiger partial charge on any atom is -0.508 e. The molecule has 1 aromatic rings. The van der Waals surface area contributed by atoms with Crippen LogP contribution in [-0.2, 0) is 4.79 Å². The van der Waals surface area contributed by atoms with Crippen LogP contribution >= 0.6 is 0 Å². The highest BCUT2D eigenvalue weighted by Gasteiger charge is 2.11. The summed E-state index contributed by atoms with van der Waals surface area (Å²) in [7, 11) is 0. The van der Waals surface area contributed by atoms with Crippen molar-refractivity contribution in [3.8, 4) is 11.5 Å². The van der Waals surface area contributed by atoms with Crippen LogP contribution in [0, 0.1) is 12.8 Å². The SMILES string of the molecule is Cc1cc(O)cc(OCC(=O)NC(C)C(C)C)c1. The van der Waals surface area contributed by atoms with E-state index in [4.69, 9.17) is 4.74 Å². The second-order valence-corrected chi connectivity index (χ2v) is 4.89. The van der Waals surface area contributed by atoms with Crippen LogP contribution in [0.2, 0.25) is 0 Å². The highest BCUT2D eigenvalue weighted by molar-refractivity contribution is 5.77. The summed E-state index contributed by atoms with van der Waals surface area (Å²) in [5, 5.41) is 12.2. The molecule has 0 radical (unpaired) electrons. The van der Waals surface area contributed by atoms with Crippen molar-refractivity contribution in [1.29, 1.82) is 0 Å². The van der Waals surface area contributed by atoms with E-state index in [1.807, 2.05) is 27.7 Å². The lowest BCUT2D eigenvalue weighted by atomic mass is 10.1. The third-order valence-corrected chi connectivity index (χ3v) is 2.79. The number of amides is 1. The second kappa shape index (κ2) is 6.28. The topological polar surface area (TPSA) is 58.6 Å². The number of aromatic hydroxyl groups is 1. The summed E-state index contributed by atoms with van der Waals surface area (Å²) in [5.74, 6) is 0.870. The van der Waals surface area contributed by atoms with Gasteiger partial charge in [0.05, 0.1) is 0 Å². The van der Waals surface area contributed by atoms with Crippen LogP contribution in [0.25, 0.3) is 0 Å². The molecule has 1 amide bonds. The number of aryl methyl sites for hydroxylation is 1. The molecule has 1 rings (SSSR count). The summed E-state index contributed by atoms with van der Waals surface area (Å²) in [6.45, 7) is 7.86. The molecule has 100 valence electrons. The van der Waals surface area contributed by atoms with Crippen LogP contribution in [0.3, 0.4) is 0 Å². The van der Waals surface area contributed by atoms with Crippen molar-refractivity contribution in [3.63, 3.8) is 0 Å². The Hall–Kier alpha value is -1.71. The number of carbonyl (C=O) groups excluding carboxylic acids is 1. The number of hydrogen-bond acceptors (Lipinski definition) is 3. The standard InChI is InChI=1S/C14H21NO3/c1-9(2)11(4)15-14(17)8-18-13-6-10(3)5-12(16)7-13/h5-7,9,11,16H,8H2,1-4H3,(H,15,17). The normalized spacial score (nSPS) is 12.3. The lowest BCUT2D eigenvalue weighted by Gasteiger charge is -2.17. The first-order valence-corrected chi connectivity index (χ1v) is 6.11. The van der Waals surface area contributed by atoms with Crippen molar-refractivity contribution >= 4 is 5.91 Å². The van der Waals surface area contributed by atoms with E-state index in [1.54, 1.807) is 12.1 Å². The highest BCUT2D eigenvalue weighted by Crippen LogP contribution is 2.20. The zero-order chi connectivity index (χ0) is 13.7. The Bertz CT molecular complexity index is 395. The third kappa shape index (κ3) is 4.65. The quantitative estimate of drug-likeness (QED) is 0.843. The zero-order valence-corrected chi connectivity index (χ0v) is 11.4. The molecular weight excluding hydrogens is 230 g/mol. The van der Waals surface area contributed by atoms with Crippen LogP contribution in [0.4, 0.5) is 0 Å². The van der Waals surface area contributed by atoms with E-state index in [0.717, 1.165) is 5.56 Å². The van der Waals surface area contributed by atoms with E-state index in [1.165, 1.54) is 6.07 Å². The molecule has 0 aliphatic heterocycles. The summed E-state index contributed by atoms with van der Waals surface area (Å²) in [6, 6.07) is 5.02. The van der Waals surface area contributed by atoms with Gasteiger partial charge in [-0.1, -0.05) is 13.8 Å². The highest BCUT2D eigenvalue weighted by atomic mass is 16.5. The summed E-state index contributed by atoms with van der Waals surface area (Å²) >= 11 is 0. The Kier molecular flexibility index (Phi) is 5.01. The molecule has 0 aromatic heterocycles.